The van der Waals surface area contributed by atoms with Gasteiger partial charge in [-0.1, -0.05) is 12.2 Å². The average molecular weight is 180 g/mol. The first-order chi connectivity index (χ1) is 5.54. The minimum Gasteiger partial charge on any atom is -0.246 e. The van der Waals surface area contributed by atoms with Gasteiger partial charge in [0.05, 0.1) is 0 Å². The molecule has 0 aromatic rings. The molecular formula is C8H8F4. The number of hydrogen-bond acceptors (Lipinski definition) is 0. The van der Waals surface area contributed by atoms with E-state index in [-0.39, 0.29) is 12.8 Å². The largest absolute Gasteiger partial charge is 0.412 e. The van der Waals surface area contributed by atoms with Gasteiger partial charge in [0, 0.05) is 5.57 Å². The first-order valence-corrected chi connectivity index (χ1v) is 3.56. The summed E-state index contributed by atoms with van der Waals surface area (Å²) in [6.45, 7) is -0.651. The van der Waals surface area contributed by atoms with Crippen LogP contribution in [0.3, 0.4) is 0 Å². The third-order valence-corrected chi connectivity index (χ3v) is 1.77. The minimum absolute atomic E-state index is 0.0980. The van der Waals surface area contributed by atoms with Crippen molar-refractivity contribution in [2.75, 3.05) is 6.67 Å². The molecule has 12 heavy (non-hydrogen) atoms. The smallest absolute Gasteiger partial charge is 0.246 e. The molecule has 0 saturated heterocycles. The zero-order valence-corrected chi connectivity index (χ0v) is 6.29. The number of alkyl halides is 4. The van der Waals surface area contributed by atoms with Crippen LogP contribution in [0.25, 0.3) is 0 Å². The van der Waals surface area contributed by atoms with Crippen molar-refractivity contribution in [3.63, 3.8) is 0 Å². The van der Waals surface area contributed by atoms with Gasteiger partial charge in [0.2, 0.25) is 0 Å². The summed E-state index contributed by atoms with van der Waals surface area (Å²) in [7, 11) is 0. The first kappa shape index (κ1) is 9.29. The molecule has 0 aromatic carbocycles. The van der Waals surface area contributed by atoms with Crippen molar-refractivity contribution in [3.05, 3.63) is 23.3 Å². The highest BCUT2D eigenvalue weighted by Crippen LogP contribution is 2.32. The Bertz CT molecular complexity index is 222. The molecule has 0 N–H and O–H groups in total. The van der Waals surface area contributed by atoms with E-state index in [2.05, 4.69) is 0 Å². The molecule has 68 valence electrons. The van der Waals surface area contributed by atoms with Crippen LogP contribution >= 0.6 is 0 Å². The van der Waals surface area contributed by atoms with Crippen molar-refractivity contribution < 1.29 is 17.6 Å². The highest BCUT2D eigenvalue weighted by Gasteiger charge is 2.33. The molecule has 0 aromatic heterocycles. The average Bonchev–Trinajstić information content (AvgIpc) is 2.03. The van der Waals surface area contributed by atoms with Crippen molar-refractivity contribution >= 4 is 0 Å². The Kier molecular flexibility index (Phi) is 2.55. The molecule has 0 nitrogen and oxygen atoms in total. The summed E-state index contributed by atoms with van der Waals surface area (Å²) in [5, 5.41) is 0. The van der Waals surface area contributed by atoms with Crippen LogP contribution < -0.4 is 0 Å². The van der Waals surface area contributed by atoms with Gasteiger partial charge in [-0.25, -0.2) is 4.39 Å². The second-order valence-electron chi connectivity index (χ2n) is 2.65. The van der Waals surface area contributed by atoms with Crippen molar-refractivity contribution in [3.8, 4) is 0 Å². The SMILES string of the molecule is FCC1=CC=C(C(F)(F)F)CC1. The summed E-state index contributed by atoms with van der Waals surface area (Å²) in [6, 6.07) is 0. The molecule has 0 saturated carbocycles. The van der Waals surface area contributed by atoms with Crippen LogP contribution in [0, 0.1) is 0 Å². The van der Waals surface area contributed by atoms with Crippen LogP contribution in [0.15, 0.2) is 23.3 Å². The van der Waals surface area contributed by atoms with E-state index in [9.17, 15) is 17.6 Å². The van der Waals surface area contributed by atoms with E-state index in [1.807, 2.05) is 0 Å². The summed E-state index contributed by atoms with van der Waals surface area (Å²) < 4.78 is 47.9. The predicted octanol–water partition coefficient (Wildman–Crippen LogP) is 3.16. The quantitative estimate of drug-likeness (QED) is 0.543. The first-order valence-electron chi connectivity index (χ1n) is 3.56. The number of hydrogen-bond donors (Lipinski definition) is 0. The Labute approximate surface area is 67.6 Å². The molecule has 0 aliphatic heterocycles. The summed E-state index contributed by atoms with van der Waals surface area (Å²) in [6.07, 6.45) is -2.00. The monoisotopic (exact) mass is 180 g/mol. The number of allylic oxidation sites excluding steroid dienone is 4. The number of rotatable bonds is 1. The van der Waals surface area contributed by atoms with Gasteiger partial charge in [-0.2, -0.15) is 13.2 Å². The molecule has 0 spiro atoms. The van der Waals surface area contributed by atoms with Crippen LogP contribution in [-0.4, -0.2) is 12.9 Å². The molecule has 0 heterocycles. The van der Waals surface area contributed by atoms with Gasteiger partial charge in [-0.3, -0.25) is 0 Å². The molecule has 0 bridgehead atoms. The van der Waals surface area contributed by atoms with Crippen LogP contribution in [0.2, 0.25) is 0 Å². The summed E-state index contributed by atoms with van der Waals surface area (Å²) in [4.78, 5) is 0. The Morgan fingerprint density at radius 2 is 1.83 bits per heavy atom. The van der Waals surface area contributed by atoms with Crippen LogP contribution in [-0.2, 0) is 0 Å². The number of halogens is 4. The van der Waals surface area contributed by atoms with Crippen molar-refractivity contribution in [2.45, 2.75) is 19.0 Å². The molecule has 1 aliphatic carbocycles. The van der Waals surface area contributed by atoms with E-state index in [4.69, 9.17) is 0 Å². The second kappa shape index (κ2) is 3.29. The molecular weight excluding hydrogens is 172 g/mol. The Morgan fingerprint density at radius 3 is 2.17 bits per heavy atom. The van der Waals surface area contributed by atoms with E-state index < -0.39 is 18.4 Å². The molecule has 0 unspecified atom stereocenters. The maximum atomic E-state index is 12.0. The van der Waals surface area contributed by atoms with E-state index in [0.717, 1.165) is 6.08 Å². The molecule has 1 rings (SSSR count). The Morgan fingerprint density at radius 1 is 1.17 bits per heavy atom. The fraction of sp³-hybridized carbons (Fsp3) is 0.500. The van der Waals surface area contributed by atoms with Gasteiger partial charge in [-0.15, -0.1) is 0 Å². The molecule has 0 fully saturated rings. The highest BCUT2D eigenvalue weighted by molar-refractivity contribution is 5.26. The van der Waals surface area contributed by atoms with Gasteiger partial charge in [0.25, 0.3) is 0 Å². The summed E-state index contributed by atoms with van der Waals surface area (Å²) in [5.74, 6) is 0. The lowest BCUT2D eigenvalue weighted by Crippen LogP contribution is -2.13. The topological polar surface area (TPSA) is 0 Å². The third-order valence-electron chi connectivity index (χ3n) is 1.77. The van der Waals surface area contributed by atoms with Gasteiger partial charge in [0.1, 0.15) is 6.67 Å². The highest BCUT2D eigenvalue weighted by atomic mass is 19.4. The van der Waals surface area contributed by atoms with Gasteiger partial charge >= 0.3 is 6.18 Å². The molecule has 0 atom stereocenters. The maximum absolute atomic E-state index is 12.0. The normalized spacial score (nSPS) is 18.7. The molecule has 4 heteroatoms. The summed E-state index contributed by atoms with van der Waals surface area (Å²) >= 11 is 0. The van der Waals surface area contributed by atoms with Crippen LogP contribution in [0.4, 0.5) is 17.6 Å². The third kappa shape index (κ3) is 2.09. The van der Waals surface area contributed by atoms with E-state index >= 15 is 0 Å². The van der Waals surface area contributed by atoms with Crippen molar-refractivity contribution in [2.24, 2.45) is 0 Å². The minimum atomic E-state index is -4.25. The fourth-order valence-electron chi connectivity index (χ4n) is 1.03. The van der Waals surface area contributed by atoms with Gasteiger partial charge in [-0.05, 0) is 18.4 Å². The lowest BCUT2D eigenvalue weighted by Gasteiger charge is -2.14. The van der Waals surface area contributed by atoms with Crippen molar-refractivity contribution in [1.82, 2.24) is 0 Å². The standard InChI is InChI=1S/C8H8F4/c9-5-6-1-3-7(4-2-6)8(10,11)12/h1,3H,2,4-5H2. The van der Waals surface area contributed by atoms with E-state index in [0.29, 0.717) is 5.57 Å². The van der Waals surface area contributed by atoms with E-state index in [1.54, 1.807) is 0 Å². The molecule has 0 amide bonds. The Hall–Kier alpha value is -0.800. The second-order valence-corrected chi connectivity index (χ2v) is 2.65. The summed E-state index contributed by atoms with van der Waals surface area (Å²) in [5.41, 5.74) is -0.136. The lowest BCUT2D eigenvalue weighted by molar-refractivity contribution is -0.0941. The fourth-order valence-corrected chi connectivity index (χ4v) is 1.03. The van der Waals surface area contributed by atoms with Crippen molar-refractivity contribution in [1.29, 1.82) is 0 Å². The van der Waals surface area contributed by atoms with E-state index in [1.165, 1.54) is 6.08 Å². The molecule has 0 radical (unpaired) electrons. The Balaban J connectivity index is 2.73. The van der Waals surface area contributed by atoms with Crippen LogP contribution in [0.5, 0.6) is 0 Å². The predicted molar refractivity (Wildman–Crippen MR) is 37.4 cm³/mol. The lowest BCUT2D eigenvalue weighted by atomic mass is 9.99. The zero-order valence-electron chi connectivity index (χ0n) is 6.29. The zero-order chi connectivity index (χ0) is 9.19. The van der Waals surface area contributed by atoms with Gasteiger partial charge in [0.15, 0.2) is 0 Å². The maximum Gasteiger partial charge on any atom is 0.412 e. The van der Waals surface area contributed by atoms with Gasteiger partial charge < -0.3 is 0 Å². The molecule has 1 aliphatic rings. The van der Waals surface area contributed by atoms with Crippen LogP contribution in [0.1, 0.15) is 12.8 Å².